The SMILES string of the molecule is CC(C)(C)OC(=O)N1CCC(CCCCC(=O)Br)CC1. The molecular weight excluding hydrogens is 322 g/mol. The number of amides is 1. The van der Waals surface area contributed by atoms with Crippen molar-refractivity contribution >= 4 is 26.7 Å². The Kier molecular flexibility index (Phi) is 7.00. The number of piperidine rings is 1. The van der Waals surface area contributed by atoms with E-state index >= 15 is 0 Å². The van der Waals surface area contributed by atoms with Crippen molar-refractivity contribution in [2.24, 2.45) is 5.92 Å². The molecule has 0 unspecified atom stereocenters. The van der Waals surface area contributed by atoms with E-state index < -0.39 is 5.60 Å². The molecule has 1 heterocycles. The molecule has 0 spiro atoms. The van der Waals surface area contributed by atoms with E-state index in [2.05, 4.69) is 15.9 Å². The van der Waals surface area contributed by atoms with Gasteiger partial charge in [0.2, 0.25) is 0 Å². The molecular formula is C15H26BrNO3. The number of rotatable bonds is 5. The van der Waals surface area contributed by atoms with Gasteiger partial charge in [-0.3, -0.25) is 4.79 Å². The van der Waals surface area contributed by atoms with Crippen LogP contribution in [0.25, 0.3) is 0 Å². The minimum Gasteiger partial charge on any atom is -0.444 e. The Hall–Kier alpha value is -0.580. The molecule has 0 N–H and O–H groups in total. The molecule has 0 atom stereocenters. The fraction of sp³-hybridized carbons (Fsp3) is 0.867. The molecule has 20 heavy (non-hydrogen) atoms. The highest BCUT2D eigenvalue weighted by molar-refractivity contribution is 9.18. The average molecular weight is 348 g/mol. The zero-order chi connectivity index (χ0) is 15.2. The molecule has 0 aromatic carbocycles. The molecule has 0 bridgehead atoms. The number of hydrogen-bond donors (Lipinski definition) is 0. The van der Waals surface area contributed by atoms with E-state index in [0.29, 0.717) is 12.3 Å². The Morgan fingerprint density at radius 3 is 2.30 bits per heavy atom. The highest BCUT2D eigenvalue weighted by Crippen LogP contribution is 2.24. The van der Waals surface area contributed by atoms with Gasteiger partial charge in [-0.25, -0.2) is 4.79 Å². The third-order valence-electron chi connectivity index (χ3n) is 3.50. The van der Waals surface area contributed by atoms with Crippen LogP contribution in [0, 0.1) is 5.92 Å². The highest BCUT2D eigenvalue weighted by atomic mass is 79.9. The first kappa shape index (κ1) is 17.5. The number of carbonyl (C=O) groups excluding carboxylic acids is 2. The molecule has 0 aromatic heterocycles. The highest BCUT2D eigenvalue weighted by Gasteiger charge is 2.26. The average Bonchev–Trinajstić information content (AvgIpc) is 2.33. The minimum absolute atomic E-state index is 0.0947. The molecule has 1 amide bonds. The van der Waals surface area contributed by atoms with Crippen LogP contribution in [0.2, 0.25) is 0 Å². The molecule has 0 radical (unpaired) electrons. The predicted octanol–water partition coefficient (Wildman–Crippen LogP) is 4.12. The number of likely N-dealkylation sites (tertiary alicyclic amines) is 1. The lowest BCUT2D eigenvalue weighted by molar-refractivity contribution is -0.110. The number of unbranched alkanes of at least 4 members (excludes halogenated alkanes) is 1. The van der Waals surface area contributed by atoms with Crippen LogP contribution in [0.3, 0.4) is 0 Å². The summed E-state index contributed by atoms with van der Waals surface area (Å²) in [6, 6.07) is 0. The number of halogens is 1. The van der Waals surface area contributed by atoms with Crippen LogP contribution >= 0.6 is 15.9 Å². The van der Waals surface area contributed by atoms with Crippen LogP contribution in [-0.4, -0.2) is 34.4 Å². The van der Waals surface area contributed by atoms with E-state index in [-0.39, 0.29) is 10.8 Å². The second-order valence-electron chi connectivity index (χ2n) is 6.51. The van der Waals surface area contributed by atoms with Crippen molar-refractivity contribution in [3.8, 4) is 0 Å². The van der Waals surface area contributed by atoms with Gasteiger partial charge in [0.15, 0.2) is 4.69 Å². The van der Waals surface area contributed by atoms with Gasteiger partial charge in [-0.1, -0.05) is 12.8 Å². The molecule has 4 nitrogen and oxygen atoms in total. The lowest BCUT2D eigenvalue weighted by Gasteiger charge is -2.33. The first-order valence-electron chi connectivity index (χ1n) is 7.44. The Morgan fingerprint density at radius 2 is 1.80 bits per heavy atom. The summed E-state index contributed by atoms with van der Waals surface area (Å²) in [5.41, 5.74) is -0.420. The van der Waals surface area contributed by atoms with E-state index in [1.807, 2.05) is 25.7 Å². The van der Waals surface area contributed by atoms with Gasteiger partial charge in [-0.05, 0) is 61.9 Å². The summed E-state index contributed by atoms with van der Waals surface area (Å²) in [6.45, 7) is 7.25. The van der Waals surface area contributed by atoms with Crippen LogP contribution < -0.4 is 0 Å². The molecule has 1 aliphatic heterocycles. The maximum atomic E-state index is 11.9. The Labute approximate surface area is 130 Å². The molecule has 1 fully saturated rings. The van der Waals surface area contributed by atoms with Crippen LogP contribution in [0.15, 0.2) is 0 Å². The molecule has 1 rings (SSSR count). The van der Waals surface area contributed by atoms with E-state index in [4.69, 9.17) is 4.74 Å². The van der Waals surface area contributed by atoms with Crippen LogP contribution in [0.4, 0.5) is 4.79 Å². The van der Waals surface area contributed by atoms with Gasteiger partial charge in [0.1, 0.15) is 5.60 Å². The maximum Gasteiger partial charge on any atom is 0.410 e. The fourth-order valence-corrected chi connectivity index (χ4v) is 2.71. The molecule has 0 aromatic rings. The van der Waals surface area contributed by atoms with Crippen molar-refractivity contribution in [3.05, 3.63) is 0 Å². The lowest BCUT2D eigenvalue weighted by atomic mass is 9.91. The van der Waals surface area contributed by atoms with Crippen LogP contribution in [0.5, 0.6) is 0 Å². The van der Waals surface area contributed by atoms with Crippen LogP contribution in [-0.2, 0) is 9.53 Å². The summed E-state index contributed by atoms with van der Waals surface area (Å²) < 4.78 is 5.48. The smallest absolute Gasteiger partial charge is 0.410 e. The van der Waals surface area contributed by atoms with Crippen molar-refractivity contribution < 1.29 is 14.3 Å². The topological polar surface area (TPSA) is 46.6 Å². The van der Waals surface area contributed by atoms with Crippen molar-refractivity contribution in [3.63, 3.8) is 0 Å². The van der Waals surface area contributed by atoms with E-state index in [1.54, 1.807) is 0 Å². The van der Waals surface area contributed by atoms with E-state index in [9.17, 15) is 9.59 Å². The molecule has 0 aliphatic carbocycles. The summed E-state index contributed by atoms with van der Waals surface area (Å²) in [5.74, 6) is 0.680. The summed E-state index contributed by atoms with van der Waals surface area (Å²) in [4.78, 5) is 24.5. The summed E-state index contributed by atoms with van der Waals surface area (Å²) in [7, 11) is 0. The molecule has 1 saturated heterocycles. The van der Waals surface area contributed by atoms with Crippen LogP contribution in [0.1, 0.15) is 59.3 Å². The van der Waals surface area contributed by atoms with E-state index in [1.165, 1.54) is 0 Å². The number of carbonyl (C=O) groups is 2. The van der Waals surface area contributed by atoms with Gasteiger partial charge in [-0.15, -0.1) is 0 Å². The molecule has 1 aliphatic rings. The standard InChI is InChI=1S/C15H26BrNO3/c1-15(2,3)20-14(19)17-10-8-12(9-11-17)6-4-5-7-13(16)18/h12H,4-11H2,1-3H3. The predicted molar refractivity (Wildman–Crippen MR) is 82.9 cm³/mol. The monoisotopic (exact) mass is 347 g/mol. The van der Waals surface area contributed by atoms with E-state index in [0.717, 1.165) is 45.2 Å². The lowest BCUT2D eigenvalue weighted by Crippen LogP contribution is -2.41. The first-order chi connectivity index (χ1) is 9.28. The van der Waals surface area contributed by atoms with Crippen molar-refractivity contribution in [2.45, 2.75) is 64.9 Å². The zero-order valence-electron chi connectivity index (χ0n) is 12.8. The number of nitrogens with zero attached hydrogens (tertiary/aromatic N) is 1. The van der Waals surface area contributed by atoms with Gasteiger partial charge < -0.3 is 9.64 Å². The third-order valence-corrected chi connectivity index (χ3v) is 3.90. The van der Waals surface area contributed by atoms with Gasteiger partial charge in [-0.2, -0.15) is 0 Å². The molecule has 5 heteroatoms. The molecule has 116 valence electrons. The Bertz CT molecular complexity index is 331. The second kappa shape index (κ2) is 8.01. The first-order valence-corrected chi connectivity index (χ1v) is 8.23. The number of hydrogen-bond acceptors (Lipinski definition) is 3. The fourth-order valence-electron chi connectivity index (χ4n) is 2.43. The molecule has 0 saturated carbocycles. The summed E-state index contributed by atoms with van der Waals surface area (Å²) >= 11 is 2.95. The second-order valence-corrected chi connectivity index (χ2v) is 7.40. The normalized spacial score (nSPS) is 17.1. The van der Waals surface area contributed by atoms with Crippen molar-refractivity contribution in [1.29, 1.82) is 0 Å². The Morgan fingerprint density at radius 1 is 1.20 bits per heavy atom. The summed E-state index contributed by atoms with van der Waals surface area (Å²) in [5, 5.41) is 0. The van der Waals surface area contributed by atoms with Crippen molar-refractivity contribution in [2.75, 3.05) is 13.1 Å². The van der Waals surface area contributed by atoms with Crippen molar-refractivity contribution in [1.82, 2.24) is 4.90 Å². The quantitative estimate of drug-likeness (QED) is 0.555. The van der Waals surface area contributed by atoms with Gasteiger partial charge in [0.05, 0.1) is 0 Å². The third kappa shape index (κ3) is 7.27. The Balaban J connectivity index is 2.19. The van der Waals surface area contributed by atoms with Gasteiger partial charge in [0, 0.05) is 19.5 Å². The summed E-state index contributed by atoms with van der Waals surface area (Å²) in [6.07, 6.45) is 5.72. The maximum absolute atomic E-state index is 11.9. The minimum atomic E-state index is -0.420. The zero-order valence-corrected chi connectivity index (χ0v) is 14.4. The number of ether oxygens (including phenoxy) is 1. The van der Waals surface area contributed by atoms with Gasteiger partial charge >= 0.3 is 6.09 Å². The van der Waals surface area contributed by atoms with Gasteiger partial charge in [0.25, 0.3) is 0 Å². The largest absolute Gasteiger partial charge is 0.444 e.